The van der Waals surface area contributed by atoms with Crippen LogP contribution in [0.15, 0.2) is 84.9 Å². The lowest BCUT2D eigenvalue weighted by atomic mass is 9.83. The number of ether oxygens (including phenoxy) is 1. The largest absolute Gasteiger partial charge is 0.490 e. The Labute approximate surface area is 195 Å². The number of benzene rings is 4. The van der Waals surface area contributed by atoms with Crippen LogP contribution >= 0.6 is 0 Å². The quantitative estimate of drug-likeness (QED) is 0.309. The van der Waals surface area contributed by atoms with Gasteiger partial charge in [-0.2, -0.15) is 0 Å². The lowest BCUT2D eigenvalue weighted by Gasteiger charge is -2.33. The van der Waals surface area contributed by atoms with Crippen LogP contribution in [0.25, 0.3) is 10.8 Å². The number of fused-ring (bicyclic) bond motifs is 2. The van der Waals surface area contributed by atoms with Crippen LogP contribution in [0.2, 0.25) is 0 Å². The van der Waals surface area contributed by atoms with Gasteiger partial charge < -0.3 is 10.1 Å². The molecule has 168 valence electrons. The molecule has 0 radical (unpaired) electrons. The van der Waals surface area contributed by atoms with Gasteiger partial charge in [0.05, 0.1) is 6.10 Å². The van der Waals surface area contributed by atoms with Gasteiger partial charge in [-0.1, -0.05) is 78.4 Å². The Morgan fingerprint density at radius 2 is 1.73 bits per heavy atom. The number of aryl methyl sites for hydroxylation is 1. The molecule has 3 heteroatoms. The van der Waals surface area contributed by atoms with E-state index in [2.05, 4.69) is 60.8 Å². The van der Waals surface area contributed by atoms with Crippen LogP contribution in [0.5, 0.6) is 5.75 Å². The van der Waals surface area contributed by atoms with E-state index in [0.29, 0.717) is 11.3 Å². The highest BCUT2D eigenvalue weighted by atomic mass is 19.1. The second-order valence-corrected chi connectivity index (χ2v) is 9.05. The molecule has 0 bridgehead atoms. The third kappa shape index (κ3) is 4.79. The monoisotopic (exact) mass is 439 g/mol. The highest BCUT2D eigenvalue weighted by molar-refractivity contribution is 5.86. The molecule has 2 atom stereocenters. The molecule has 1 aliphatic rings. The summed E-state index contributed by atoms with van der Waals surface area (Å²) in [6.45, 7) is 3.80. The molecule has 0 amide bonds. The summed E-state index contributed by atoms with van der Waals surface area (Å²) in [6, 6.07) is 28.5. The zero-order valence-corrected chi connectivity index (χ0v) is 19.1. The topological polar surface area (TPSA) is 21.3 Å². The number of rotatable bonds is 7. The van der Waals surface area contributed by atoms with Crippen LogP contribution < -0.4 is 10.1 Å². The lowest BCUT2D eigenvalue weighted by Crippen LogP contribution is -2.27. The molecule has 2 nitrogen and oxygen atoms in total. The Kier molecular flexibility index (Phi) is 6.41. The predicted molar refractivity (Wildman–Crippen MR) is 133 cm³/mol. The molecule has 0 saturated carbocycles. The maximum atomic E-state index is 14.1. The van der Waals surface area contributed by atoms with E-state index >= 15 is 0 Å². The predicted octanol–water partition coefficient (Wildman–Crippen LogP) is 7.14. The van der Waals surface area contributed by atoms with E-state index < -0.39 is 0 Å². The zero-order valence-electron chi connectivity index (χ0n) is 19.1. The molecule has 2 unspecified atom stereocenters. The molecule has 0 spiro atoms. The molecule has 1 N–H and O–H groups in total. The first kappa shape index (κ1) is 21.7. The fraction of sp³-hybridized carbons (Fsp3) is 0.267. The number of nitrogens with one attached hydrogen (secondary N) is 1. The third-order valence-corrected chi connectivity index (χ3v) is 6.69. The molecule has 33 heavy (non-hydrogen) atoms. The Morgan fingerprint density at radius 3 is 2.61 bits per heavy atom. The second-order valence-electron chi connectivity index (χ2n) is 9.05. The van der Waals surface area contributed by atoms with Gasteiger partial charge in [-0.25, -0.2) is 4.39 Å². The Morgan fingerprint density at radius 1 is 0.909 bits per heavy atom. The maximum Gasteiger partial charge on any atom is 0.131 e. The van der Waals surface area contributed by atoms with E-state index in [1.54, 1.807) is 6.07 Å². The molecule has 5 rings (SSSR count). The smallest absolute Gasteiger partial charge is 0.131 e. The van der Waals surface area contributed by atoms with Gasteiger partial charge in [-0.05, 0) is 61.4 Å². The minimum absolute atomic E-state index is 0.160. The van der Waals surface area contributed by atoms with Gasteiger partial charge in [-0.3, -0.25) is 0 Å². The minimum atomic E-state index is -0.160. The summed E-state index contributed by atoms with van der Waals surface area (Å²) < 4.78 is 20.4. The molecular weight excluding hydrogens is 409 g/mol. The van der Waals surface area contributed by atoms with E-state index in [1.165, 1.54) is 16.7 Å². The van der Waals surface area contributed by atoms with Crippen LogP contribution in [-0.2, 0) is 6.54 Å². The molecule has 4 aromatic rings. The van der Waals surface area contributed by atoms with Crippen molar-refractivity contribution in [1.82, 2.24) is 5.32 Å². The highest BCUT2D eigenvalue weighted by Gasteiger charge is 2.28. The Hall–Kier alpha value is -3.17. The fourth-order valence-corrected chi connectivity index (χ4v) is 5.03. The molecule has 0 saturated heterocycles. The standard InChI is InChI=1S/C30H30FNO/c1-21-8-6-9-22(18-21)28-19-24(33-30-14-5-4-13-27(28)30)10-7-17-32-20-23-15-16-29(31)26-12-3-2-11-25(23)26/h2-6,8-9,11-16,18,24,28,32H,7,10,17,19-20H2,1H3. The van der Waals surface area contributed by atoms with Crippen molar-refractivity contribution in [3.05, 3.63) is 113 Å². The van der Waals surface area contributed by atoms with Crippen LogP contribution in [-0.4, -0.2) is 12.6 Å². The molecule has 0 aliphatic carbocycles. The van der Waals surface area contributed by atoms with Gasteiger partial charge >= 0.3 is 0 Å². The SMILES string of the molecule is Cc1cccc(C2CC(CCCNCc3ccc(F)c4ccccc34)Oc3ccccc32)c1. The van der Waals surface area contributed by atoms with E-state index in [0.717, 1.165) is 49.1 Å². The second kappa shape index (κ2) is 9.76. The summed E-state index contributed by atoms with van der Waals surface area (Å²) in [5, 5.41) is 5.22. The van der Waals surface area contributed by atoms with Gasteiger partial charge in [-0.15, -0.1) is 0 Å². The molecular formula is C30H30FNO. The fourth-order valence-electron chi connectivity index (χ4n) is 5.03. The summed E-state index contributed by atoms with van der Waals surface area (Å²) >= 11 is 0. The van der Waals surface area contributed by atoms with Crippen molar-refractivity contribution in [2.24, 2.45) is 0 Å². The average Bonchev–Trinajstić information content (AvgIpc) is 2.85. The van der Waals surface area contributed by atoms with E-state index in [4.69, 9.17) is 4.74 Å². The number of halogens is 1. The third-order valence-electron chi connectivity index (χ3n) is 6.69. The molecule has 4 aromatic carbocycles. The van der Waals surface area contributed by atoms with Crippen LogP contribution in [0.1, 0.15) is 47.4 Å². The number of hydrogen-bond donors (Lipinski definition) is 1. The summed E-state index contributed by atoms with van der Waals surface area (Å²) in [5.41, 5.74) is 5.10. The van der Waals surface area contributed by atoms with Gasteiger partial charge in [0.1, 0.15) is 11.6 Å². The molecule has 0 fully saturated rings. The summed E-state index contributed by atoms with van der Waals surface area (Å²) in [5.74, 6) is 1.23. The maximum absolute atomic E-state index is 14.1. The van der Waals surface area contributed by atoms with Crippen LogP contribution in [0.4, 0.5) is 4.39 Å². The van der Waals surface area contributed by atoms with Gasteiger partial charge in [0.15, 0.2) is 0 Å². The minimum Gasteiger partial charge on any atom is -0.490 e. The van der Waals surface area contributed by atoms with Gasteiger partial charge in [0.2, 0.25) is 0 Å². The van der Waals surface area contributed by atoms with Gasteiger partial charge in [0, 0.05) is 23.4 Å². The zero-order chi connectivity index (χ0) is 22.6. The summed E-state index contributed by atoms with van der Waals surface area (Å²) in [7, 11) is 0. The van der Waals surface area contributed by atoms with E-state index in [9.17, 15) is 4.39 Å². The van der Waals surface area contributed by atoms with Crippen molar-refractivity contribution in [3.63, 3.8) is 0 Å². The van der Waals surface area contributed by atoms with Crippen LogP contribution in [0.3, 0.4) is 0 Å². The summed E-state index contributed by atoms with van der Waals surface area (Å²) in [4.78, 5) is 0. The molecule has 1 heterocycles. The van der Waals surface area contributed by atoms with Gasteiger partial charge in [0.25, 0.3) is 0 Å². The van der Waals surface area contributed by atoms with Crippen molar-refractivity contribution in [2.45, 2.75) is 44.8 Å². The van der Waals surface area contributed by atoms with E-state index in [1.807, 2.05) is 30.3 Å². The average molecular weight is 440 g/mol. The Balaban J connectivity index is 1.20. The van der Waals surface area contributed by atoms with Crippen LogP contribution in [0, 0.1) is 12.7 Å². The van der Waals surface area contributed by atoms with Crippen molar-refractivity contribution in [2.75, 3.05) is 6.54 Å². The number of para-hydroxylation sites is 1. The first-order valence-electron chi connectivity index (χ1n) is 11.9. The van der Waals surface area contributed by atoms with Crippen molar-refractivity contribution in [3.8, 4) is 5.75 Å². The summed E-state index contributed by atoms with van der Waals surface area (Å²) in [6.07, 6.45) is 3.25. The lowest BCUT2D eigenvalue weighted by molar-refractivity contribution is 0.153. The highest BCUT2D eigenvalue weighted by Crippen LogP contribution is 2.41. The van der Waals surface area contributed by atoms with Crippen molar-refractivity contribution >= 4 is 10.8 Å². The van der Waals surface area contributed by atoms with E-state index in [-0.39, 0.29) is 11.9 Å². The first-order valence-corrected chi connectivity index (χ1v) is 11.9. The van der Waals surface area contributed by atoms with Crippen molar-refractivity contribution in [1.29, 1.82) is 0 Å². The number of hydrogen-bond acceptors (Lipinski definition) is 2. The van der Waals surface area contributed by atoms with Crippen molar-refractivity contribution < 1.29 is 9.13 Å². The molecule has 0 aromatic heterocycles. The Bertz CT molecular complexity index is 1250. The first-order chi connectivity index (χ1) is 16.2. The molecule has 1 aliphatic heterocycles. The normalized spacial score (nSPS) is 17.5.